The van der Waals surface area contributed by atoms with Gasteiger partial charge in [-0.05, 0) is 52.0 Å². The summed E-state index contributed by atoms with van der Waals surface area (Å²) in [5.41, 5.74) is -5.47. The van der Waals surface area contributed by atoms with E-state index in [9.17, 15) is 26.4 Å². The summed E-state index contributed by atoms with van der Waals surface area (Å²) in [6.07, 6.45) is 2.53. The molecule has 0 spiro atoms. The number of carbonyl (C=O) groups excluding carboxylic acids is 1. The van der Waals surface area contributed by atoms with E-state index < -0.39 is 38.5 Å². The van der Waals surface area contributed by atoms with Crippen molar-refractivity contribution in [1.82, 2.24) is 0 Å². The Morgan fingerprint density at radius 1 is 1.15 bits per heavy atom. The molecular weight excluding hydrogens is 541 g/mol. The SMILES string of the molecule is C=C(OS(=O)(=O)C(F)(F)F)[C@H](C)CC1(CC[C@@H]2O[C@@H](CCCOC(=O)C(C)(C)C)CC2=C)OCC(C)(C)CO1. The number of hydrogen-bond acceptors (Lipinski definition) is 8. The smallest absolute Gasteiger partial charge is 0.465 e. The molecule has 8 nitrogen and oxygen atoms in total. The van der Waals surface area contributed by atoms with Crippen LogP contribution in [0.5, 0.6) is 0 Å². The van der Waals surface area contributed by atoms with Crippen LogP contribution in [-0.4, -0.2) is 57.7 Å². The van der Waals surface area contributed by atoms with Crippen molar-refractivity contribution >= 4 is 16.1 Å². The minimum absolute atomic E-state index is 0.0387. The standard InChI is InChI=1S/C27H43F3O8S/c1-18-14-21(10-9-13-34-23(31)24(4,5)6)37-22(18)11-12-26(35-16-25(7,8)17-36-26)15-19(2)20(3)38-39(32,33)27(28,29)30/h19,21-22H,1,3,9-17H2,2,4-8H3/t19-,21+,22+/m1/s1. The monoisotopic (exact) mass is 584 g/mol. The molecule has 2 fully saturated rings. The lowest BCUT2D eigenvalue weighted by molar-refractivity contribution is -0.309. The van der Waals surface area contributed by atoms with Crippen molar-refractivity contribution in [3.8, 4) is 0 Å². The molecule has 0 aliphatic carbocycles. The molecule has 2 saturated heterocycles. The maximum atomic E-state index is 12.8. The number of halogens is 3. The Hall–Kier alpha value is -1.63. The quantitative estimate of drug-likeness (QED) is 0.0686. The summed E-state index contributed by atoms with van der Waals surface area (Å²) in [5, 5.41) is 0. The fraction of sp³-hybridized carbons (Fsp3) is 0.815. The summed E-state index contributed by atoms with van der Waals surface area (Å²) in [6, 6.07) is 0. The molecule has 0 bridgehead atoms. The van der Waals surface area contributed by atoms with Gasteiger partial charge >= 0.3 is 21.6 Å². The van der Waals surface area contributed by atoms with E-state index in [4.69, 9.17) is 18.9 Å². The molecule has 2 rings (SSSR count). The zero-order valence-corrected chi connectivity index (χ0v) is 24.6. The number of alkyl halides is 3. The normalized spacial score (nSPS) is 24.3. The van der Waals surface area contributed by atoms with Crippen molar-refractivity contribution in [2.75, 3.05) is 19.8 Å². The van der Waals surface area contributed by atoms with Crippen LogP contribution in [0.2, 0.25) is 0 Å². The highest BCUT2D eigenvalue weighted by Crippen LogP contribution is 2.41. The lowest BCUT2D eigenvalue weighted by atomic mass is 9.89. The van der Waals surface area contributed by atoms with Crippen molar-refractivity contribution in [1.29, 1.82) is 0 Å². The maximum Gasteiger partial charge on any atom is 0.534 e. The molecule has 0 aromatic heterocycles. The molecule has 2 aliphatic rings. The van der Waals surface area contributed by atoms with E-state index in [1.807, 2.05) is 13.8 Å². The molecule has 39 heavy (non-hydrogen) atoms. The molecule has 0 saturated carbocycles. The Kier molecular flexibility index (Phi) is 10.7. The van der Waals surface area contributed by atoms with Crippen LogP contribution in [0.25, 0.3) is 0 Å². The topological polar surface area (TPSA) is 97.4 Å². The Balaban J connectivity index is 1.97. The van der Waals surface area contributed by atoms with Crippen LogP contribution in [0.3, 0.4) is 0 Å². The third-order valence-corrected chi connectivity index (χ3v) is 7.72. The van der Waals surface area contributed by atoms with Crippen molar-refractivity contribution in [2.45, 2.75) is 104 Å². The fourth-order valence-corrected chi connectivity index (χ4v) is 4.78. The van der Waals surface area contributed by atoms with Crippen molar-refractivity contribution in [2.24, 2.45) is 16.7 Å². The first kappa shape index (κ1) is 33.6. The molecule has 2 aliphatic heterocycles. The molecule has 0 radical (unpaired) electrons. The molecule has 0 amide bonds. The molecular formula is C27H43F3O8S. The largest absolute Gasteiger partial charge is 0.534 e. The first-order chi connectivity index (χ1) is 17.7. The van der Waals surface area contributed by atoms with Crippen LogP contribution >= 0.6 is 0 Å². The Morgan fingerprint density at radius 2 is 1.74 bits per heavy atom. The second-order valence-electron chi connectivity index (χ2n) is 12.4. The molecule has 0 N–H and O–H groups in total. The summed E-state index contributed by atoms with van der Waals surface area (Å²) in [6.45, 7) is 19.4. The summed E-state index contributed by atoms with van der Waals surface area (Å²) in [7, 11) is -5.82. The summed E-state index contributed by atoms with van der Waals surface area (Å²) < 4.78 is 89.2. The van der Waals surface area contributed by atoms with E-state index in [0.29, 0.717) is 51.9 Å². The molecule has 12 heteroatoms. The van der Waals surface area contributed by atoms with Crippen LogP contribution in [-0.2, 0) is 38.0 Å². The summed E-state index contributed by atoms with van der Waals surface area (Å²) >= 11 is 0. The van der Waals surface area contributed by atoms with Crippen molar-refractivity contribution in [3.05, 3.63) is 24.5 Å². The van der Waals surface area contributed by atoms with Gasteiger partial charge in [0.25, 0.3) is 0 Å². The van der Waals surface area contributed by atoms with Gasteiger partial charge in [0.1, 0.15) is 5.76 Å². The van der Waals surface area contributed by atoms with E-state index in [1.54, 1.807) is 20.8 Å². The number of allylic oxidation sites excluding steroid dienone is 1. The molecule has 0 aromatic carbocycles. The maximum absolute atomic E-state index is 12.8. The van der Waals surface area contributed by atoms with Gasteiger partial charge in [-0.2, -0.15) is 21.6 Å². The van der Waals surface area contributed by atoms with Crippen molar-refractivity contribution < 1.29 is 49.5 Å². The van der Waals surface area contributed by atoms with Crippen molar-refractivity contribution in [3.63, 3.8) is 0 Å². The number of ether oxygens (including phenoxy) is 4. The van der Waals surface area contributed by atoms with Crippen LogP contribution in [0, 0.1) is 16.7 Å². The van der Waals surface area contributed by atoms with Gasteiger partial charge in [0.15, 0.2) is 5.79 Å². The van der Waals surface area contributed by atoms with Gasteiger partial charge in [0.2, 0.25) is 0 Å². The average molecular weight is 585 g/mol. The fourth-order valence-electron chi connectivity index (χ4n) is 4.24. The number of rotatable bonds is 12. The second-order valence-corrected chi connectivity index (χ2v) is 13.9. The first-order valence-corrected chi connectivity index (χ1v) is 14.5. The second kappa shape index (κ2) is 12.5. The lowest BCUT2D eigenvalue weighted by Crippen LogP contribution is -2.49. The Morgan fingerprint density at radius 3 is 2.28 bits per heavy atom. The van der Waals surface area contributed by atoms with E-state index >= 15 is 0 Å². The third-order valence-electron chi connectivity index (χ3n) is 6.72. The number of carbonyl (C=O) groups is 1. The molecule has 0 aromatic rings. The highest BCUT2D eigenvalue weighted by Gasteiger charge is 2.50. The number of hydrogen-bond donors (Lipinski definition) is 0. The zero-order chi connectivity index (χ0) is 29.9. The Bertz CT molecular complexity index is 987. The lowest BCUT2D eigenvalue weighted by Gasteiger charge is -2.45. The minimum Gasteiger partial charge on any atom is -0.465 e. The van der Waals surface area contributed by atoms with Gasteiger partial charge in [0, 0.05) is 24.2 Å². The molecule has 3 atom stereocenters. The minimum atomic E-state index is -5.82. The first-order valence-electron chi connectivity index (χ1n) is 13.1. The predicted molar refractivity (Wildman–Crippen MR) is 139 cm³/mol. The van der Waals surface area contributed by atoms with E-state index in [2.05, 4.69) is 17.3 Å². The summed E-state index contributed by atoms with van der Waals surface area (Å²) in [4.78, 5) is 11.9. The van der Waals surface area contributed by atoms with Gasteiger partial charge in [-0.1, -0.05) is 33.9 Å². The van der Waals surface area contributed by atoms with Gasteiger partial charge in [-0.25, -0.2) is 0 Å². The highest BCUT2D eigenvalue weighted by molar-refractivity contribution is 7.87. The van der Waals surface area contributed by atoms with E-state index in [-0.39, 0.29) is 30.0 Å². The average Bonchev–Trinajstić information content (AvgIpc) is 3.14. The van der Waals surface area contributed by atoms with E-state index in [1.165, 1.54) is 6.92 Å². The number of esters is 1. The van der Waals surface area contributed by atoms with Gasteiger partial charge in [0.05, 0.1) is 37.4 Å². The summed E-state index contributed by atoms with van der Waals surface area (Å²) in [5.74, 6) is -2.81. The highest BCUT2D eigenvalue weighted by atomic mass is 32.2. The predicted octanol–water partition coefficient (Wildman–Crippen LogP) is 6.03. The molecule has 226 valence electrons. The third kappa shape index (κ3) is 9.75. The van der Waals surface area contributed by atoms with Crippen LogP contribution in [0.1, 0.15) is 80.1 Å². The molecule has 2 heterocycles. The zero-order valence-electron chi connectivity index (χ0n) is 23.8. The van der Waals surface area contributed by atoms with E-state index in [0.717, 1.165) is 5.57 Å². The van der Waals surface area contributed by atoms with Gasteiger partial charge in [-0.15, -0.1) is 0 Å². The van der Waals surface area contributed by atoms with Gasteiger partial charge < -0.3 is 23.1 Å². The Labute approximate surface area is 230 Å². The van der Waals surface area contributed by atoms with Gasteiger partial charge in [-0.3, -0.25) is 4.79 Å². The molecule has 0 unspecified atom stereocenters. The van der Waals surface area contributed by atoms with Crippen LogP contribution in [0.4, 0.5) is 13.2 Å². The van der Waals surface area contributed by atoms with Crippen LogP contribution < -0.4 is 0 Å². The van der Waals surface area contributed by atoms with Crippen LogP contribution in [0.15, 0.2) is 24.5 Å².